The molecule has 0 spiro atoms. The molecule has 16 heavy (non-hydrogen) atoms. The van der Waals surface area contributed by atoms with E-state index >= 15 is 0 Å². The number of hydrogen-bond donors (Lipinski definition) is 0. The molecule has 0 aromatic carbocycles. The van der Waals surface area contributed by atoms with Crippen LogP contribution >= 0.6 is 11.3 Å². The first-order valence-electron chi connectivity index (χ1n) is 5.44. The molecule has 0 saturated carbocycles. The van der Waals surface area contributed by atoms with Crippen LogP contribution in [-0.4, -0.2) is 18.4 Å². The van der Waals surface area contributed by atoms with Gasteiger partial charge in [-0.2, -0.15) is 0 Å². The summed E-state index contributed by atoms with van der Waals surface area (Å²) in [5, 5.41) is 0. The number of esters is 1. The zero-order chi connectivity index (χ0) is 12.0. The minimum absolute atomic E-state index is 0.0257. The molecule has 0 N–H and O–H groups in total. The van der Waals surface area contributed by atoms with Gasteiger partial charge < -0.3 is 4.74 Å². The summed E-state index contributed by atoms with van der Waals surface area (Å²) in [6.45, 7) is 4.18. The highest BCUT2D eigenvalue weighted by atomic mass is 32.1. The fourth-order valence-corrected chi connectivity index (χ4v) is 2.20. The molecule has 0 fully saturated rings. The highest BCUT2D eigenvalue weighted by molar-refractivity contribution is 7.14. The standard InChI is InChI=1S/C12H16O3S/c1-3-9-5-7-11(16-9)10(13)6-8-12(14)15-4-2/h5,7H,3-4,6,8H2,1-2H3. The van der Waals surface area contributed by atoms with Crippen LogP contribution < -0.4 is 0 Å². The van der Waals surface area contributed by atoms with Crippen LogP contribution in [0.4, 0.5) is 0 Å². The van der Waals surface area contributed by atoms with E-state index in [2.05, 4.69) is 6.92 Å². The van der Waals surface area contributed by atoms with Crippen molar-refractivity contribution in [2.75, 3.05) is 6.61 Å². The molecule has 1 heterocycles. The second-order valence-electron chi connectivity index (χ2n) is 3.35. The molecule has 0 radical (unpaired) electrons. The monoisotopic (exact) mass is 240 g/mol. The first-order valence-corrected chi connectivity index (χ1v) is 6.26. The number of carbonyl (C=O) groups excluding carboxylic acids is 2. The van der Waals surface area contributed by atoms with Crippen molar-refractivity contribution in [1.82, 2.24) is 0 Å². The number of hydrogen-bond acceptors (Lipinski definition) is 4. The lowest BCUT2D eigenvalue weighted by Crippen LogP contribution is -2.07. The summed E-state index contributed by atoms with van der Waals surface area (Å²) >= 11 is 1.50. The Morgan fingerprint density at radius 1 is 1.25 bits per heavy atom. The van der Waals surface area contributed by atoms with Gasteiger partial charge in [-0.15, -0.1) is 11.3 Å². The lowest BCUT2D eigenvalue weighted by atomic mass is 10.2. The molecule has 0 aliphatic rings. The number of rotatable bonds is 6. The van der Waals surface area contributed by atoms with E-state index < -0.39 is 0 Å². The quantitative estimate of drug-likeness (QED) is 0.567. The smallest absolute Gasteiger partial charge is 0.306 e. The van der Waals surface area contributed by atoms with E-state index in [4.69, 9.17) is 4.74 Å². The Bertz CT molecular complexity index is 368. The van der Waals surface area contributed by atoms with Gasteiger partial charge in [0.25, 0.3) is 0 Å². The molecule has 0 bridgehead atoms. The number of Topliss-reactive ketones (excluding diaryl/α,β-unsaturated/α-hetero) is 1. The van der Waals surface area contributed by atoms with E-state index in [0.717, 1.165) is 11.3 Å². The second-order valence-corrected chi connectivity index (χ2v) is 4.52. The van der Waals surface area contributed by atoms with Crippen LogP contribution in [-0.2, 0) is 16.0 Å². The molecule has 0 aliphatic heterocycles. The van der Waals surface area contributed by atoms with E-state index in [1.54, 1.807) is 6.92 Å². The zero-order valence-electron chi connectivity index (χ0n) is 9.62. The van der Waals surface area contributed by atoms with Gasteiger partial charge >= 0.3 is 5.97 Å². The molecule has 1 aromatic heterocycles. The van der Waals surface area contributed by atoms with Crippen LogP contribution in [0.3, 0.4) is 0 Å². The summed E-state index contributed by atoms with van der Waals surface area (Å²) in [5.74, 6) is -0.277. The first-order chi connectivity index (χ1) is 7.67. The molecule has 88 valence electrons. The maximum atomic E-state index is 11.7. The van der Waals surface area contributed by atoms with E-state index in [0.29, 0.717) is 6.61 Å². The molecule has 1 aromatic rings. The van der Waals surface area contributed by atoms with Crippen molar-refractivity contribution in [3.63, 3.8) is 0 Å². The molecule has 0 aliphatic carbocycles. The predicted molar refractivity (Wildman–Crippen MR) is 63.9 cm³/mol. The number of thiophene rings is 1. The molecular formula is C12H16O3S. The lowest BCUT2D eigenvalue weighted by molar-refractivity contribution is -0.143. The van der Waals surface area contributed by atoms with E-state index in [-0.39, 0.29) is 24.6 Å². The molecule has 0 saturated heterocycles. The topological polar surface area (TPSA) is 43.4 Å². The first kappa shape index (κ1) is 12.9. The van der Waals surface area contributed by atoms with Gasteiger partial charge in [-0.3, -0.25) is 9.59 Å². The van der Waals surface area contributed by atoms with Gasteiger partial charge in [-0.25, -0.2) is 0 Å². The van der Waals surface area contributed by atoms with Crippen LogP contribution in [0.5, 0.6) is 0 Å². The summed E-state index contributed by atoms with van der Waals surface area (Å²) < 4.78 is 4.77. The Morgan fingerprint density at radius 3 is 2.56 bits per heavy atom. The number of ketones is 1. The maximum Gasteiger partial charge on any atom is 0.306 e. The summed E-state index contributed by atoms with van der Waals surface area (Å²) in [7, 11) is 0. The fourth-order valence-electron chi connectivity index (χ4n) is 1.29. The second kappa shape index (κ2) is 6.43. The van der Waals surface area contributed by atoms with Gasteiger partial charge in [-0.05, 0) is 25.5 Å². The number of aryl methyl sites for hydroxylation is 1. The molecule has 0 amide bonds. The Labute approximate surface area is 99.4 Å². The predicted octanol–water partition coefficient (Wildman–Crippen LogP) is 2.84. The Balaban J connectivity index is 2.43. The minimum Gasteiger partial charge on any atom is -0.466 e. The van der Waals surface area contributed by atoms with Crippen LogP contribution in [0.2, 0.25) is 0 Å². The average molecular weight is 240 g/mol. The van der Waals surface area contributed by atoms with Crippen LogP contribution in [0, 0.1) is 0 Å². The molecule has 0 unspecified atom stereocenters. The fraction of sp³-hybridized carbons (Fsp3) is 0.500. The average Bonchev–Trinajstić information content (AvgIpc) is 2.75. The summed E-state index contributed by atoms with van der Waals surface area (Å²) in [5.41, 5.74) is 0. The molecule has 3 nitrogen and oxygen atoms in total. The van der Waals surface area contributed by atoms with E-state index in [1.165, 1.54) is 16.2 Å². The minimum atomic E-state index is -0.303. The van der Waals surface area contributed by atoms with E-state index in [1.807, 2.05) is 12.1 Å². The third kappa shape index (κ3) is 3.77. The van der Waals surface area contributed by atoms with Gasteiger partial charge in [-0.1, -0.05) is 6.92 Å². The van der Waals surface area contributed by atoms with Gasteiger partial charge in [0, 0.05) is 11.3 Å². The highest BCUT2D eigenvalue weighted by Crippen LogP contribution is 2.19. The van der Waals surface area contributed by atoms with Crippen LogP contribution in [0.15, 0.2) is 12.1 Å². The van der Waals surface area contributed by atoms with Crippen LogP contribution in [0.25, 0.3) is 0 Å². The Hall–Kier alpha value is -1.16. The van der Waals surface area contributed by atoms with Crippen molar-refractivity contribution in [3.05, 3.63) is 21.9 Å². The van der Waals surface area contributed by atoms with Crippen molar-refractivity contribution >= 4 is 23.1 Å². The zero-order valence-corrected chi connectivity index (χ0v) is 10.4. The Kier molecular flexibility index (Phi) is 5.19. The third-order valence-electron chi connectivity index (χ3n) is 2.15. The van der Waals surface area contributed by atoms with Gasteiger partial charge in [0.15, 0.2) is 5.78 Å². The molecule has 1 rings (SSSR count). The third-order valence-corrected chi connectivity index (χ3v) is 3.42. The largest absolute Gasteiger partial charge is 0.466 e. The van der Waals surface area contributed by atoms with Gasteiger partial charge in [0.1, 0.15) is 0 Å². The van der Waals surface area contributed by atoms with Crippen molar-refractivity contribution in [2.45, 2.75) is 33.1 Å². The van der Waals surface area contributed by atoms with Gasteiger partial charge in [0.2, 0.25) is 0 Å². The van der Waals surface area contributed by atoms with Crippen molar-refractivity contribution in [1.29, 1.82) is 0 Å². The number of ether oxygens (including phenoxy) is 1. The number of carbonyl (C=O) groups is 2. The molecular weight excluding hydrogens is 224 g/mol. The molecule has 4 heteroatoms. The summed E-state index contributed by atoms with van der Waals surface area (Å²) in [6.07, 6.45) is 1.35. The normalized spacial score (nSPS) is 10.1. The van der Waals surface area contributed by atoms with E-state index in [9.17, 15) is 9.59 Å². The molecule has 0 atom stereocenters. The Morgan fingerprint density at radius 2 is 2.00 bits per heavy atom. The van der Waals surface area contributed by atoms with Crippen molar-refractivity contribution in [2.24, 2.45) is 0 Å². The van der Waals surface area contributed by atoms with Crippen molar-refractivity contribution < 1.29 is 14.3 Å². The maximum absolute atomic E-state index is 11.7. The SMILES string of the molecule is CCOC(=O)CCC(=O)c1ccc(CC)s1. The lowest BCUT2D eigenvalue weighted by Gasteiger charge is -1.99. The summed E-state index contributed by atoms with van der Waals surface area (Å²) in [4.78, 5) is 24.7. The van der Waals surface area contributed by atoms with Gasteiger partial charge in [0.05, 0.1) is 17.9 Å². The van der Waals surface area contributed by atoms with Crippen LogP contribution in [0.1, 0.15) is 41.2 Å². The highest BCUT2D eigenvalue weighted by Gasteiger charge is 2.11. The summed E-state index contributed by atoms with van der Waals surface area (Å²) in [6, 6.07) is 3.79. The van der Waals surface area contributed by atoms with Crippen molar-refractivity contribution in [3.8, 4) is 0 Å².